The zero-order valence-electron chi connectivity index (χ0n) is 16.3. The third-order valence-electron chi connectivity index (χ3n) is 5.67. The van der Waals surface area contributed by atoms with Crippen LogP contribution in [0.2, 0.25) is 0 Å². The van der Waals surface area contributed by atoms with E-state index in [4.69, 9.17) is 18.6 Å². The zero-order chi connectivity index (χ0) is 19.8. The molecule has 150 valence electrons. The summed E-state index contributed by atoms with van der Waals surface area (Å²) < 4.78 is 22.9. The highest BCUT2D eigenvalue weighted by atomic mass is 16.5. The first-order chi connectivity index (χ1) is 14.2. The van der Waals surface area contributed by atoms with Crippen molar-refractivity contribution in [2.45, 2.75) is 25.5 Å². The molecule has 0 unspecified atom stereocenters. The second-order valence-electron chi connectivity index (χ2n) is 7.55. The minimum atomic E-state index is -0.0459. The monoisotopic (exact) mass is 393 g/mol. The van der Waals surface area contributed by atoms with Gasteiger partial charge in [-0.05, 0) is 42.7 Å². The first-order valence-corrected chi connectivity index (χ1v) is 9.91. The molecule has 0 radical (unpaired) electrons. The Labute approximate surface area is 168 Å². The molecule has 0 saturated carbocycles. The molecule has 6 nitrogen and oxygen atoms in total. The first-order valence-electron chi connectivity index (χ1n) is 9.91. The van der Waals surface area contributed by atoms with Crippen LogP contribution in [0.25, 0.3) is 22.1 Å². The summed E-state index contributed by atoms with van der Waals surface area (Å²) in [5.74, 6) is 1.53. The van der Waals surface area contributed by atoms with Crippen molar-refractivity contribution in [3.05, 3.63) is 58.4 Å². The largest absolute Gasteiger partial charge is 0.497 e. The van der Waals surface area contributed by atoms with Crippen LogP contribution in [-0.2, 0) is 11.3 Å². The number of nitrogens with zero attached hydrogens (tertiary/aromatic N) is 1. The van der Waals surface area contributed by atoms with Crippen LogP contribution in [0.4, 0.5) is 0 Å². The molecule has 0 spiro atoms. The number of rotatable bonds is 4. The predicted molar refractivity (Wildman–Crippen MR) is 109 cm³/mol. The molecule has 3 heterocycles. The van der Waals surface area contributed by atoms with E-state index in [-0.39, 0.29) is 11.5 Å². The Kier molecular flexibility index (Phi) is 4.73. The van der Waals surface area contributed by atoms with Crippen molar-refractivity contribution in [3.63, 3.8) is 0 Å². The fraction of sp³-hybridized carbons (Fsp3) is 0.348. The fourth-order valence-corrected chi connectivity index (χ4v) is 4.12. The van der Waals surface area contributed by atoms with Crippen molar-refractivity contribution in [2.75, 3.05) is 27.0 Å². The lowest BCUT2D eigenvalue weighted by Crippen LogP contribution is -2.37. The van der Waals surface area contributed by atoms with Gasteiger partial charge in [0.05, 0.1) is 29.7 Å². The van der Waals surface area contributed by atoms with Gasteiger partial charge in [0.1, 0.15) is 30.1 Å². The second-order valence-corrected chi connectivity index (χ2v) is 7.55. The smallest absolute Gasteiger partial charge is 0.200 e. The van der Waals surface area contributed by atoms with Gasteiger partial charge in [0.2, 0.25) is 5.43 Å². The molecule has 0 aliphatic carbocycles. The summed E-state index contributed by atoms with van der Waals surface area (Å²) in [6.07, 6.45) is 4.00. The highest BCUT2D eigenvalue weighted by Gasteiger charge is 2.26. The molecule has 2 aliphatic heterocycles. The van der Waals surface area contributed by atoms with Crippen LogP contribution in [0.1, 0.15) is 18.4 Å². The van der Waals surface area contributed by atoms with Crippen LogP contribution in [0.3, 0.4) is 0 Å². The van der Waals surface area contributed by atoms with E-state index in [0.29, 0.717) is 29.8 Å². The van der Waals surface area contributed by atoms with Gasteiger partial charge >= 0.3 is 0 Å². The lowest BCUT2D eigenvalue weighted by atomic mass is 10.0. The summed E-state index contributed by atoms with van der Waals surface area (Å²) >= 11 is 0. The highest BCUT2D eigenvalue weighted by molar-refractivity contribution is 5.85. The van der Waals surface area contributed by atoms with Gasteiger partial charge in [0, 0.05) is 19.7 Å². The molecule has 0 N–H and O–H groups in total. The van der Waals surface area contributed by atoms with Crippen LogP contribution in [0.5, 0.6) is 11.5 Å². The molecule has 2 aliphatic rings. The van der Waals surface area contributed by atoms with E-state index in [1.165, 1.54) is 0 Å². The molecule has 2 aromatic carbocycles. The number of benzene rings is 2. The summed E-state index contributed by atoms with van der Waals surface area (Å²) in [5, 5.41) is 0.569. The molecule has 1 aromatic heterocycles. The minimum absolute atomic E-state index is 0.0459. The SMILES string of the molecule is COc1ccc(-c2coc3c4c(ccc3c2=O)OCN(C[C@H]2CCCO2)C4)cc1. The molecule has 5 rings (SSSR count). The maximum atomic E-state index is 13.2. The minimum Gasteiger partial charge on any atom is -0.497 e. The quantitative estimate of drug-likeness (QED) is 0.672. The van der Waals surface area contributed by atoms with E-state index < -0.39 is 0 Å². The van der Waals surface area contributed by atoms with Gasteiger partial charge in [-0.1, -0.05) is 12.1 Å². The summed E-state index contributed by atoms with van der Waals surface area (Å²) in [5.41, 5.74) is 2.81. The maximum Gasteiger partial charge on any atom is 0.200 e. The van der Waals surface area contributed by atoms with Crippen LogP contribution >= 0.6 is 0 Å². The predicted octanol–water partition coefficient (Wildman–Crippen LogP) is 3.80. The Bertz CT molecular complexity index is 1080. The van der Waals surface area contributed by atoms with Gasteiger partial charge in [-0.3, -0.25) is 9.69 Å². The van der Waals surface area contributed by atoms with Gasteiger partial charge in [0.25, 0.3) is 0 Å². The average Bonchev–Trinajstić information content (AvgIpc) is 3.27. The van der Waals surface area contributed by atoms with Crippen molar-refractivity contribution in [3.8, 4) is 22.6 Å². The van der Waals surface area contributed by atoms with E-state index in [1.807, 2.05) is 30.3 Å². The molecule has 1 fully saturated rings. The van der Waals surface area contributed by atoms with Crippen molar-refractivity contribution in [1.82, 2.24) is 4.90 Å². The van der Waals surface area contributed by atoms with Crippen molar-refractivity contribution >= 4 is 11.0 Å². The van der Waals surface area contributed by atoms with Crippen molar-refractivity contribution < 1.29 is 18.6 Å². The van der Waals surface area contributed by atoms with Gasteiger partial charge in [-0.25, -0.2) is 0 Å². The third kappa shape index (κ3) is 3.39. The Morgan fingerprint density at radius 3 is 2.79 bits per heavy atom. The average molecular weight is 393 g/mol. The number of ether oxygens (including phenoxy) is 3. The molecular formula is C23H23NO5. The lowest BCUT2D eigenvalue weighted by molar-refractivity contribution is 0.0281. The number of hydrogen-bond acceptors (Lipinski definition) is 6. The molecular weight excluding hydrogens is 370 g/mol. The topological polar surface area (TPSA) is 61.1 Å². The van der Waals surface area contributed by atoms with E-state index in [0.717, 1.165) is 48.6 Å². The summed E-state index contributed by atoms with van der Waals surface area (Å²) in [6.45, 7) is 2.86. The lowest BCUT2D eigenvalue weighted by Gasteiger charge is -2.30. The van der Waals surface area contributed by atoms with Gasteiger partial charge in [-0.15, -0.1) is 0 Å². The van der Waals surface area contributed by atoms with E-state index in [2.05, 4.69) is 4.90 Å². The Morgan fingerprint density at radius 1 is 1.17 bits per heavy atom. The molecule has 0 amide bonds. The molecule has 6 heteroatoms. The van der Waals surface area contributed by atoms with Gasteiger partial charge in [-0.2, -0.15) is 0 Å². The van der Waals surface area contributed by atoms with Crippen LogP contribution in [0, 0.1) is 0 Å². The Morgan fingerprint density at radius 2 is 2.03 bits per heavy atom. The Hall–Kier alpha value is -2.83. The van der Waals surface area contributed by atoms with Crippen LogP contribution in [0.15, 0.2) is 51.9 Å². The maximum absolute atomic E-state index is 13.2. The molecule has 3 aromatic rings. The second kappa shape index (κ2) is 7.54. The Balaban J connectivity index is 1.50. The van der Waals surface area contributed by atoms with Crippen molar-refractivity contribution in [1.29, 1.82) is 0 Å². The van der Waals surface area contributed by atoms with E-state index in [9.17, 15) is 4.79 Å². The van der Waals surface area contributed by atoms with Crippen LogP contribution in [-0.4, -0.2) is 38.0 Å². The standard InChI is InChI=1S/C23H23NO5/c1-26-16-6-4-15(5-7-16)20-13-28-23-18(22(20)25)8-9-21-19(23)12-24(14-29-21)11-17-3-2-10-27-17/h4-9,13,17H,2-3,10-12,14H2,1H3/t17-/m1/s1. The third-order valence-corrected chi connectivity index (χ3v) is 5.67. The highest BCUT2D eigenvalue weighted by Crippen LogP contribution is 2.33. The molecule has 1 saturated heterocycles. The number of methoxy groups -OCH3 is 1. The summed E-state index contributed by atoms with van der Waals surface area (Å²) in [7, 11) is 1.62. The molecule has 29 heavy (non-hydrogen) atoms. The summed E-state index contributed by atoms with van der Waals surface area (Å²) in [4.78, 5) is 15.4. The fourth-order valence-electron chi connectivity index (χ4n) is 4.12. The van der Waals surface area contributed by atoms with Gasteiger partial charge < -0.3 is 18.6 Å². The van der Waals surface area contributed by atoms with E-state index >= 15 is 0 Å². The number of hydrogen-bond donors (Lipinski definition) is 0. The van der Waals surface area contributed by atoms with Crippen molar-refractivity contribution in [2.24, 2.45) is 0 Å². The first kappa shape index (κ1) is 18.2. The number of fused-ring (bicyclic) bond motifs is 3. The zero-order valence-corrected chi connectivity index (χ0v) is 16.3. The molecule has 1 atom stereocenters. The molecule has 0 bridgehead atoms. The normalized spacial score (nSPS) is 19.1. The van der Waals surface area contributed by atoms with Gasteiger partial charge in [0.15, 0.2) is 0 Å². The van der Waals surface area contributed by atoms with Crippen LogP contribution < -0.4 is 14.9 Å². The summed E-state index contributed by atoms with van der Waals surface area (Å²) in [6, 6.07) is 11.1. The van der Waals surface area contributed by atoms with E-state index in [1.54, 1.807) is 19.4 Å².